The molecule has 0 bridgehead atoms. The minimum Gasteiger partial charge on any atom is -0.452 e. The normalized spacial score (nSPS) is 25.7. The number of alkyl carbamates (subject to hydrolysis) is 1. The molecule has 4 fully saturated rings. The summed E-state index contributed by atoms with van der Waals surface area (Å²) in [6.07, 6.45) is -2.09. The van der Waals surface area contributed by atoms with Crippen molar-refractivity contribution >= 4 is 51.8 Å². The van der Waals surface area contributed by atoms with Crippen molar-refractivity contribution in [2.45, 2.75) is 113 Å². The lowest BCUT2D eigenvalue weighted by atomic mass is 10.1. The molecule has 3 heterocycles. The van der Waals surface area contributed by atoms with Crippen molar-refractivity contribution in [1.82, 2.24) is 30.1 Å². The second-order valence-corrected chi connectivity index (χ2v) is 18.1. The number of ether oxygens (including phenoxy) is 3. The van der Waals surface area contributed by atoms with Crippen LogP contribution in [0.4, 0.5) is 14.0 Å². The molecule has 1 unspecified atom stereocenters. The number of sulfonamides is 1. The molecule has 20 heteroatoms. The topological polar surface area (TPSA) is 227 Å². The number of likely N-dealkylation sites (tertiary alicyclic amines) is 1. The molecule has 2 saturated heterocycles. The number of benzene rings is 1. The number of amides is 6. The number of esters is 1. The molecule has 3 aliphatic heterocycles. The lowest BCUT2D eigenvalue weighted by Gasteiger charge is -2.32. The van der Waals surface area contributed by atoms with E-state index in [9.17, 15) is 46.4 Å². The molecular formula is C37H47FN6O12S. The average Bonchev–Trinajstić information content (AvgIpc) is 3.95. The Labute approximate surface area is 328 Å². The first-order valence-corrected chi connectivity index (χ1v) is 20.2. The van der Waals surface area contributed by atoms with Gasteiger partial charge in [-0.1, -0.05) is 18.2 Å². The number of nitrogens with one attached hydrogen (secondary N) is 3. The van der Waals surface area contributed by atoms with Gasteiger partial charge in [0.2, 0.25) is 21.8 Å². The number of nitrogens with zero attached hydrogens (tertiary/aromatic N) is 3. The van der Waals surface area contributed by atoms with Crippen molar-refractivity contribution in [2.24, 2.45) is 5.92 Å². The highest BCUT2D eigenvalue weighted by Crippen LogP contribution is 2.45. The minimum absolute atomic E-state index is 0.0148. The molecule has 1 aromatic rings. The molecule has 5 aliphatic rings. The summed E-state index contributed by atoms with van der Waals surface area (Å²) in [5.41, 5.74) is -1.80. The van der Waals surface area contributed by atoms with Crippen LogP contribution >= 0.6 is 0 Å². The first kappa shape index (κ1) is 41.4. The highest BCUT2D eigenvalue weighted by molar-refractivity contribution is 7.91. The number of halogens is 1. The number of fused-ring (bicyclic) bond motifs is 1. The van der Waals surface area contributed by atoms with E-state index in [0.717, 1.165) is 9.80 Å². The van der Waals surface area contributed by atoms with Crippen LogP contribution in [0.2, 0.25) is 0 Å². The standard InChI is InChI=1S/C37H47FN6O12S/c1-6-21-15-37(21,33(49)41-57(52,53)23-10-11-23)40-30(46)27-14-22(54-35(51)43-16-20-8-7-9-25(38)24(20)18-43)17-44(27)31(47)26(39-34(50)56-36(2,3)4)19-42(5)32(48)28-12-13-29(45)55-28/h6-9,21-23,26-28H,1,10-19H2,2-5H3,(H,39,50)(H,40,46)(H,41,49)/t21-,22?,26+,27+,28+,37-/m1/s1. The number of carbonyl (C=O) groups is 7. The van der Waals surface area contributed by atoms with Crippen molar-refractivity contribution in [3.05, 3.63) is 47.8 Å². The SMILES string of the molecule is C=C[C@@H]1C[C@]1(NC(=O)[C@@H]1CC(OC(=O)N2Cc3cccc(F)c3C2)CN1C(=O)[C@H](CN(C)C(=O)[C@@H]1CCC(=O)O1)NC(=O)OC(C)(C)C)C(=O)NS(=O)(=O)C1CC1. The number of hydrogen-bond acceptors (Lipinski definition) is 12. The third-order valence-electron chi connectivity index (χ3n) is 10.5. The fraction of sp³-hybridized carbons (Fsp3) is 0.595. The van der Waals surface area contributed by atoms with Gasteiger partial charge >= 0.3 is 18.2 Å². The molecule has 310 valence electrons. The van der Waals surface area contributed by atoms with Gasteiger partial charge in [0.1, 0.15) is 35.1 Å². The Morgan fingerprint density at radius 2 is 1.86 bits per heavy atom. The van der Waals surface area contributed by atoms with Crippen LogP contribution in [0.5, 0.6) is 0 Å². The van der Waals surface area contributed by atoms with Gasteiger partial charge in [-0.2, -0.15) is 0 Å². The third kappa shape index (κ3) is 9.15. The van der Waals surface area contributed by atoms with E-state index in [0.29, 0.717) is 24.0 Å². The first-order chi connectivity index (χ1) is 26.7. The van der Waals surface area contributed by atoms with Crippen LogP contribution in [0, 0.1) is 11.7 Å². The third-order valence-corrected chi connectivity index (χ3v) is 12.3. The molecule has 0 spiro atoms. The molecule has 2 saturated carbocycles. The van der Waals surface area contributed by atoms with E-state index in [1.165, 1.54) is 30.2 Å². The van der Waals surface area contributed by atoms with Crippen LogP contribution < -0.4 is 15.4 Å². The van der Waals surface area contributed by atoms with E-state index in [-0.39, 0.29) is 45.3 Å². The summed E-state index contributed by atoms with van der Waals surface area (Å²) in [5, 5.41) is 4.38. The average molecular weight is 819 g/mol. The van der Waals surface area contributed by atoms with Crippen molar-refractivity contribution in [2.75, 3.05) is 20.1 Å². The fourth-order valence-corrected chi connectivity index (χ4v) is 8.63. The van der Waals surface area contributed by atoms with E-state index >= 15 is 0 Å². The summed E-state index contributed by atoms with van der Waals surface area (Å²) >= 11 is 0. The molecule has 57 heavy (non-hydrogen) atoms. The van der Waals surface area contributed by atoms with Crippen molar-refractivity contribution in [3.8, 4) is 0 Å². The van der Waals surface area contributed by atoms with Crippen LogP contribution in [0.3, 0.4) is 0 Å². The van der Waals surface area contributed by atoms with Gasteiger partial charge in [-0.25, -0.2) is 22.4 Å². The molecule has 6 atom stereocenters. The predicted octanol–water partition coefficient (Wildman–Crippen LogP) is 0.974. The minimum atomic E-state index is -4.00. The van der Waals surface area contributed by atoms with Gasteiger partial charge in [0.25, 0.3) is 11.8 Å². The lowest BCUT2D eigenvalue weighted by molar-refractivity contribution is -0.153. The molecule has 3 N–H and O–H groups in total. The number of rotatable bonds is 12. The van der Waals surface area contributed by atoms with E-state index in [1.54, 1.807) is 26.8 Å². The lowest BCUT2D eigenvalue weighted by Crippen LogP contribution is -2.60. The van der Waals surface area contributed by atoms with Crippen LogP contribution in [-0.4, -0.2) is 126 Å². The van der Waals surface area contributed by atoms with Gasteiger partial charge in [0.05, 0.1) is 18.3 Å². The molecule has 0 aromatic heterocycles. The number of cyclic esters (lactones) is 1. The summed E-state index contributed by atoms with van der Waals surface area (Å²) in [7, 11) is -2.67. The molecule has 18 nitrogen and oxygen atoms in total. The summed E-state index contributed by atoms with van der Waals surface area (Å²) < 4.78 is 58.2. The summed E-state index contributed by atoms with van der Waals surface area (Å²) in [6.45, 7) is 7.60. The zero-order valence-electron chi connectivity index (χ0n) is 32.1. The largest absolute Gasteiger partial charge is 0.452 e. The van der Waals surface area contributed by atoms with Gasteiger partial charge in [0.15, 0.2) is 6.10 Å². The van der Waals surface area contributed by atoms with Crippen molar-refractivity contribution in [1.29, 1.82) is 0 Å². The van der Waals surface area contributed by atoms with Crippen LogP contribution in [0.1, 0.15) is 70.4 Å². The molecule has 1 aromatic carbocycles. The van der Waals surface area contributed by atoms with Crippen molar-refractivity contribution in [3.63, 3.8) is 0 Å². The first-order valence-electron chi connectivity index (χ1n) is 18.7. The van der Waals surface area contributed by atoms with Crippen LogP contribution in [-0.2, 0) is 61.3 Å². The summed E-state index contributed by atoms with van der Waals surface area (Å²) in [6, 6.07) is 1.46. The number of carbonyl (C=O) groups excluding carboxylic acids is 7. The summed E-state index contributed by atoms with van der Waals surface area (Å²) in [5.74, 6) is -5.11. The van der Waals surface area contributed by atoms with E-state index < -0.39 is 111 Å². The maximum Gasteiger partial charge on any atom is 0.410 e. The predicted molar refractivity (Wildman–Crippen MR) is 195 cm³/mol. The van der Waals surface area contributed by atoms with E-state index in [2.05, 4.69) is 21.9 Å². The fourth-order valence-electron chi connectivity index (χ4n) is 7.27. The molecule has 2 aliphatic carbocycles. The molecule has 6 rings (SSSR count). The second kappa shape index (κ2) is 15.6. The summed E-state index contributed by atoms with van der Waals surface area (Å²) in [4.78, 5) is 97.1. The number of hydrogen-bond donors (Lipinski definition) is 3. The van der Waals surface area contributed by atoms with Crippen LogP contribution in [0.15, 0.2) is 30.9 Å². The van der Waals surface area contributed by atoms with Crippen LogP contribution in [0.25, 0.3) is 0 Å². The van der Waals surface area contributed by atoms with Gasteiger partial charge in [0, 0.05) is 50.9 Å². The Bertz CT molecular complexity index is 1990. The second-order valence-electron chi connectivity index (χ2n) is 16.1. The number of likely N-dealkylation sites (N-methyl/N-ethyl adjacent to an activating group) is 1. The molecule has 6 amide bonds. The van der Waals surface area contributed by atoms with Gasteiger partial charge < -0.3 is 34.6 Å². The Hall–Kier alpha value is -5.27. The highest BCUT2D eigenvalue weighted by atomic mass is 32.2. The Kier molecular flexibility index (Phi) is 11.3. The van der Waals surface area contributed by atoms with Gasteiger partial charge in [-0.15, -0.1) is 6.58 Å². The maximum absolute atomic E-state index is 14.6. The molecular weight excluding hydrogens is 772 g/mol. The smallest absolute Gasteiger partial charge is 0.410 e. The van der Waals surface area contributed by atoms with Gasteiger partial charge in [-0.05, 0) is 51.7 Å². The monoisotopic (exact) mass is 818 g/mol. The maximum atomic E-state index is 14.6. The highest BCUT2D eigenvalue weighted by Gasteiger charge is 2.62. The van der Waals surface area contributed by atoms with Gasteiger partial charge in [-0.3, -0.25) is 33.6 Å². The van der Waals surface area contributed by atoms with E-state index in [4.69, 9.17) is 14.2 Å². The van der Waals surface area contributed by atoms with E-state index in [1.807, 2.05) is 0 Å². The zero-order chi connectivity index (χ0) is 41.6. The zero-order valence-corrected chi connectivity index (χ0v) is 32.9. The van der Waals surface area contributed by atoms with Crippen molar-refractivity contribution < 1.29 is 60.6 Å². The Morgan fingerprint density at radius 1 is 1.14 bits per heavy atom. The Balaban J connectivity index is 1.25. The quantitative estimate of drug-likeness (QED) is 0.152. The Morgan fingerprint density at radius 3 is 2.46 bits per heavy atom. The molecule has 0 radical (unpaired) electrons.